The number of imidazole rings is 1. The Morgan fingerprint density at radius 3 is 1.41 bits per heavy atom. The van der Waals surface area contributed by atoms with Crippen molar-refractivity contribution in [1.82, 2.24) is 19.5 Å². The molecule has 3 heterocycles. The van der Waals surface area contributed by atoms with Crippen LogP contribution in [0.2, 0.25) is 0 Å². The highest BCUT2D eigenvalue weighted by molar-refractivity contribution is 7.87. The number of alkyl halides is 3. The average molecular weight is 916 g/mol. The number of hydrogen-bond acceptors (Lipinski definition) is 10. The van der Waals surface area contributed by atoms with Crippen LogP contribution in [0.1, 0.15) is 45.3 Å². The number of nitrogens with zero attached hydrogens (tertiary/aromatic N) is 4. The van der Waals surface area contributed by atoms with Crippen LogP contribution in [0.25, 0.3) is 11.2 Å². The molecular formula is C50H41F4N5O6S. The summed E-state index contributed by atoms with van der Waals surface area (Å²) in [6, 6.07) is 54.2. The number of nitrogens with two attached hydrogens (primary N) is 1. The van der Waals surface area contributed by atoms with E-state index in [2.05, 4.69) is 15.0 Å². The van der Waals surface area contributed by atoms with Crippen LogP contribution in [-0.4, -0.2) is 58.4 Å². The lowest BCUT2D eigenvalue weighted by molar-refractivity contribution is -0.122. The zero-order valence-electron chi connectivity index (χ0n) is 34.9. The van der Waals surface area contributed by atoms with Crippen molar-refractivity contribution >= 4 is 21.3 Å². The predicted molar refractivity (Wildman–Crippen MR) is 236 cm³/mol. The fraction of sp³-hybridized carbons (Fsp3) is 0.180. The molecule has 16 heteroatoms. The van der Waals surface area contributed by atoms with Crippen LogP contribution in [0.5, 0.6) is 0 Å². The number of benzene rings is 6. The summed E-state index contributed by atoms with van der Waals surface area (Å²) < 4.78 is 114. The van der Waals surface area contributed by atoms with E-state index in [0.29, 0.717) is 33.4 Å². The summed E-state index contributed by atoms with van der Waals surface area (Å²) in [6.07, 6.45) is -7.13. The molecule has 1 fully saturated rings. The molecule has 66 heavy (non-hydrogen) atoms. The normalized spacial score (nSPS) is 18.1. The minimum absolute atomic E-state index is 0.0321. The van der Waals surface area contributed by atoms with Gasteiger partial charge in [-0.05, 0) is 33.4 Å². The van der Waals surface area contributed by atoms with E-state index >= 15 is 4.39 Å². The van der Waals surface area contributed by atoms with Crippen molar-refractivity contribution in [3.05, 3.63) is 233 Å². The Balaban J connectivity index is 1.29. The standard InChI is InChI=1S/C50H41F4N5O6S/c51-47-57-40(31-55)42-45(58-47)59(33-56-42)46-44(64-49(37-25-13-4-14-26-37,38-27-15-5-16-28-38)39-29-17-6-18-30-39)43(65-66(60,61)50(52,53)54)41(63-46)32-62-48(34-19-7-1-8-20-34,35-21-9-2-10-22-35)36-23-11-3-12-24-36/h1-30,33,41,43-44,46H,31-32,55H2/t41-,43-,44-,46-/m1/s1. The maximum Gasteiger partial charge on any atom is 0.523 e. The lowest BCUT2D eigenvalue weighted by Crippen LogP contribution is -2.48. The van der Waals surface area contributed by atoms with E-state index in [1.165, 1.54) is 10.9 Å². The average Bonchev–Trinajstić information content (AvgIpc) is 3.92. The molecule has 0 amide bonds. The molecular weight excluding hydrogens is 875 g/mol. The van der Waals surface area contributed by atoms with E-state index in [1.807, 2.05) is 91.0 Å². The van der Waals surface area contributed by atoms with E-state index < -0.39 is 64.1 Å². The smallest absolute Gasteiger partial charge is 0.358 e. The largest absolute Gasteiger partial charge is 0.523 e. The third-order valence-electron chi connectivity index (χ3n) is 11.6. The van der Waals surface area contributed by atoms with E-state index in [1.54, 1.807) is 91.0 Å². The second-order valence-corrected chi connectivity index (χ2v) is 17.0. The third kappa shape index (κ3) is 8.16. The predicted octanol–water partition coefficient (Wildman–Crippen LogP) is 8.94. The number of fused-ring (bicyclic) bond motifs is 1. The van der Waals surface area contributed by atoms with Crippen molar-refractivity contribution in [2.45, 2.75) is 47.8 Å². The molecule has 2 aromatic heterocycles. The quantitative estimate of drug-likeness (QED) is 0.0349. The topological polar surface area (TPSA) is 141 Å². The molecule has 0 saturated carbocycles. The van der Waals surface area contributed by atoms with E-state index in [9.17, 15) is 21.6 Å². The lowest BCUT2D eigenvalue weighted by Gasteiger charge is -2.40. The number of halogens is 4. The molecule has 0 bridgehead atoms. The fourth-order valence-electron chi connectivity index (χ4n) is 8.69. The highest BCUT2D eigenvalue weighted by Gasteiger charge is 2.58. The van der Waals surface area contributed by atoms with Gasteiger partial charge in [0.2, 0.25) is 0 Å². The number of hydrogen-bond donors (Lipinski definition) is 1. The second-order valence-electron chi connectivity index (χ2n) is 15.4. The molecule has 6 aromatic carbocycles. The van der Waals surface area contributed by atoms with Crippen molar-refractivity contribution in [2.75, 3.05) is 6.61 Å². The summed E-state index contributed by atoms with van der Waals surface area (Å²) in [7, 11) is -6.40. The zero-order chi connectivity index (χ0) is 45.9. The van der Waals surface area contributed by atoms with Gasteiger partial charge in [-0.1, -0.05) is 182 Å². The van der Waals surface area contributed by atoms with Gasteiger partial charge in [-0.15, -0.1) is 0 Å². The van der Waals surface area contributed by atoms with Gasteiger partial charge in [-0.2, -0.15) is 31.0 Å². The molecule has 0 spiro atoms. The van der Waals surface area contributed by atoms with Crippen LogP contribution in [0.4, 0.5) is 17.6 Å². The Hall–Kier alpha value is -6.66. The number of aromatic nitrogens is 4. The van der Waals surface area contributed by atoms with Gasteiger partial charge < -0.3 is 19.9 Å². The maximum atomic E-state index is 15.3. The molecule has 8 aromatic rings. The van der Waals surface area contributed by atoms with E-state index in [0.717, 1.165) is 0 Å². The van der Waals surface area contributed by atoms with Gasteiger partial charge in [-0.3, -0.25) is 8.75 Å². The van der Waals surface area contributed by atoms with Crippen molar-refractivity contribution in [3.8, 4) is 0 Å². The SMILES string of the molecule is NCc1nc(F)nc2c1ncn2[C@@H]1O[C@H](COC(c2ccccc2)(c2ccccc2)c2ccccc2)[C@@H](OS(=O)(=O)C(F)(F)F)[C@H]1OC(c1ccccc1)(c1ccccc1)c1ccccc1. The van der Waals surface area contributed by atoms with Crippen molar-refractivity contribution in [2.24, 2.45) is 5.73 Å². The highest BCUT2D eigenvalue weighted by Crippen LogP contribution is 2.49. The van der Waals surface area contributed by atoms with Crippen molar-refractivity contribution < 1.29 is 44.4 Å². The van der Waals surface area contributed by atoms with Gasteiger partial charge in [0.15, 0.2) is 11.9 Å². The molecule has 4 atom stereocenters. The molecule has 336 valence electrons. The molecule has 1 aliphatic heterocycles. The van der Waals surface area contributed by atoms with Gasteiger partial charge in [0, 0.05) is 6.54 Å². The Labute approximate surface area is 377 Å². The van der Waals surface area contributed by atoms with Gasteiger partial charge in [-0.25, -0.2) is 9.97 Å². The minimum atomic E-state index is -6.40. The first-order valence-corrected chi connectivity index (χ1v) is 22.3. The second kappa shape index (κ2) is 18.3. The number of rotatable bonds is 15. The Morgan fingerprint density at radius 1 is 0.606 bits per heavy atom. The van der Waals surface area contributed by atoms with Crippen LogP contribution in [0.3, 0.4) is 0 Å². The van der Waals surface area contributed by atoms with Crippen LogP contribution in [0.15, 0.2) is 188 Å². The summed E-state index contributed by atoms with van der Waals surface area (Å²) in [6.45, 7) is -0.837. The molecule has 1 aliphatic rings. The third-order valence-corrected chi connectivity index (χ3v) is 12.6. The van der Waals surface area contributed by atoms with Crippen molar-refractivity contribution in [3.63, 3.8) is 0 Å². The zero-order valence-corrected chi connectivity index (χ0v) is 35.7. The van der Waals surface area contributed by atoms with Gasteiger partial charge in [0.1, 0.15) is 35.0 Å². The van der Waals surface area contributed by atoms with Gasteiger partial charge >= 0.3 is 21.7 Å². The highest BCUT2D eigenvalue weighted by atomic mass is 32.2. The molecule has 0 unspecified atom stereocenters. The van der Waals surface area contributed by atoms with Crippen molar-refractivity contribution in [1.29, 1.82) is 0 Å². The first-order chi connectivity index (χ1) is 32.0. The van der Waals surface area contributed by atoms with E-state index in [4.69, 9.17) is 24.1 Å². The molecule has 9 rings (SSSR count). The summed E-state index contributed by atoms with van der Waals surface area (Å²) in [4.78, 5) is 12.3. The Kier molecular flexibility index (Phi) is 12.4. The summed E-state index contributed by atoms with van der Waals surface area (Å²) >= 11 is 0. The molecule has 2 N–H and O–H groups in total. The summed E-state index contributed by atoms with van der Waals surface area (Å²) in [5.41, 5.74) is 0.347. The monoisotopic (exact) mass is 915 g/mol. The maximum absolute atomic E-state index is 15.3. The molecule has 0 radical (unpaired) electrons. The summed E-state index contributed by atoms with van der Waals surface area (Å²) in [5.74, 6) is 0. The first-order valence-electron chi connectivity index (χ1n) is 20.9. The Morgan fingerprint density at radius 2 is 1.02 bits per heavy atom. The number of ether oxygens (including phenoxy) is 3. The lowest BCUT2D eigenvalue weighted by atomic mass is 9.79. The van der Waals surface area contributed by atoms with Crippen LogP contribution < -0.4 is 5.73 Å². The molecule has 11 nitrogen and oxygen atoms in total. The van der Waals surface area contributed by atoms with Crippen LogP contribution in [0, 0.1) is 6.08 Å². The first kappa shape index (κ1) is 44.5. The minimum Gasteiger partial charge on any atom is -0.358 e. The Bertz CT molecular complexity index is 2800. The summed E-state index contributed by atoms with van der Waals surface area (Å²) in [5, 5.41) is 0. The molecule has 0 aliphatic carbocycles. The van der Waals surface area contributed by atoms with Gasteiger partial charge in [0.05, 0.1) is 18.6 Å². The van der Waals surface area contributed by atoms with Crippen LogP contribution in [-0.2, 0) is 46.3 Å². The fourth-order valence-corrected chi connectivity index (χ4v) is 9.32. The van der Waals surface area contributed by atoms with Crippen LogP contribution >= 0.6 is 0 Å². The molecule has 1 saturated heterocycles. The van der Waals surface area contributed by atoms with E-state index in [-0.39, 0.29) is 23.4 Å². The van der Waals surface area contributed by atoms with Gasteiger partial charge in [0.25, 0.3) is 0 Å².